The van der Waals surface area contributed by atoms with E-state index in [1.54, 1.807) is 77.5 Å². The second-order valence-electron chi connectivity index (χ2n) is 5.91. The summed E-state index contributed by atoms with van der Waals surface area (Å²) in [6.45, 7) is 0.355. The van der Waals surface area contributed by atoms with Crippen LogP contribution in [-0.4, -0.2) is 31.4 Å². The van der Waals surface area contributed by atoms with Crippen LogP contribution in [-0.2, 0) is 4.79 Å². The number of carbonyl (C=O) groups is 1. The molecule has 1 aromatic heterocycles. The van der Waals surface area contributed by atoms with Gasteiger partial charge in [-0.3, -0.25) is 4.79 Å². The van der Waals surface area contributed by atoms with E-state index in [1.165, 1.54) is 0 Å². The average molecular weight is 373 g/mol. The molecule has 7 heteroatoms. The molecule has 0 saturated carbocycles. The Morgan fingerprint density at radius 2 is 1.43 bits per heavy atom. The summed E-state index contributed by atoms with van der Waals surface area (Å²) in [4.78, 5) is 15.0. The third-order valence-corrected chi connectivity index (χ3v) is 4.16. The summed E-state index contributed by atoms with van der Waals surface area (Å²) in [6.07, 6.45) is 0. The van der Waals surface area contributed by atoms with Crippen molar-refractivity contribution >= 4 is 6.47 Å². The van der Waals surface area contributed by atoms with Crippen LogP contribution in [0.25, 0.3) is 28.5 Å². The number of para-hydroxylation sites is 2. The van der Waals surface area contributed by atoms with Gasteiger partial charge in [0.1, 0.15) is 17.2 Å². The predicted octanol–water partition coefficient (Wildman–Crippen LogP) is 3.55. The van der Waals surface area contributed by atoms with Gasteiger partial charge in [0.15, 0.2) is 11.6 Å². The first kappa shape index (κ1) is 17.3. The van der Waals surface area contributed by atoms with E-state index in [0.29, 0.717) is 40.7 Å². The highest BCUT2D eigenvalue weighted by atomic mass is 16.5. The Morgan fingerprint density at radius 3 is 2.04 bits per heavy atom. The minimum atomic E-state index is 0.0539. The van der Waals surface area contributed by atoms with Crippen LogP contribution in [0, 0.1) is 0 Å². The minimum Gasteiger partial charge on any atom is -0.507 e. The van der Waals surface area contributed by atoms with Crippen molar-refractivity contribution in [3.63, 3.8) is 0 Å². The molecule has 4 aromatic rings. The van der Waals surface area contributed by atoms with E-state index < -0.39 is 0 Å². The lowest BCUT2D eigenvalue weighted by Crippen LogP contribution is -2.00. The number of hydrogen-bond donors (Lipinski definition) is 2. The first-order valence-electron chi connectivity index (χ1n) is 8.42. The van der Waals surface area contributed by atoms with Gasteiger partial charge in [0.2, 0.25) is 0 Å². The second-order valence-corrected chi connectivity index (χ2v) is 5.91. The summed E-state index contributed by atoms with van der Waals surface area (Å²) in [5, 5.41) is 25.0. The summed E-state index contributed by atoms with van der Waals surface area (Å²) in [7, 11) is 0. The number of hydrogen-bond acceptors (Lipinski definition) is 6. The van der Waals surface area contributed by atoms with Crippen molar-refractivity contribution in [1.29, 1.82) is 0 Å². The Bertz CT molecular complexity index is 1140. The van der Waals surface area contributed by atoms with Crippen molar-refractivity contribution in [3.05, 3.63) is 72.8 Å². The molecule has 4 rings (SSSR count). The molecule has 0 aliphatic rings. The van der Waals surface area contributed by atoms with Crippen LogP contribution in [0.15, 0.2) is 72.8 Å². The van der Waals surface area contributed by atoms with Gasteiger partial charge >= 0.3 is 0 Å². The van der Waals surface area contributed by atoms with E-state index in [9.17, 15) is 15.0 Å². The third-order valence-electron chi connectivity index (χ3n) is 4.16. The number of carbonyl (C=O) groups excluding carboxylic acids is 1. The van der Waals surface area contributed by atoms with Gasteiger partial charge in [-0.05, 0) is 48.5 Å². The molecule has 28 heavy (non-hydrogen) atoms. The van der Waals surface area contributed by atoms with Gasteiger partial charge in [-0.1, -0.05) is 24.3 Å². The van der Waals surface area contributed by atoms with Crippen LogP contribution in [0.1, 0.15) is 0 Å². The topological polar surface area (TPSA) is 97.5 Å². The molecular formula is C21H15N3O4. The van der Waals surface area contributed by atoms with Crippen molar-refractivity contribution in [2.75, 3.05) is 0 Å². The largest absolute Gasteiger partial charge is 0.507 e. The number of aromatic nitrogens is 3. The van der Waals surface area contributed by atoms with Crippen LogP contribution in [0.2, 0.25) is 0 Å². The normalized spacial score (nSPS) is 10.6. The highest BCUT2D eigenvalue weighted by Crippen LogP contribution is 2.33. The number of aromatic hydroxyl groups is 2. The summed E-state index contributed by atoms with van der Waals surface area (Å²) in [5.41, 5.74) is 1.61. The Labute approximate surface area is 160 Å². The Morgan fingerprint density at radius 1 is 0.821 bits per heavy atom. The summed E-state index contributed by atoms with van der Waals surface area (Å²) < 4.78 is 6.38. The third kappa shape index (κ3) is 3.16. The zero-order chi connectivity index (χ0) is 19.5. The lowest BCUT2D eigenvalue weighted by atomic mass is 10.1. The number of phenolic OH excluding ortho intramolecular Hbond substituents is 2. The molecule has 2 N–H and O–H groups in total. The number of ether oxygens (including phenoxy) is 1. The molecule has 7 nitrogen and oxygen atoms in total. The standard InChI is InChI=1S/C21H15N3O4/c25-13-28-15-11-9-14(10-12-15)24-21(17-6-2-4-8-19(17)27)22-20(23-24)16-5-1-3-7-18(16)26/h1-13,26-27H. The molecular weight excluding hydrogens is 358 g/mol. The van der Waals surface area contributed by atoms with Gasteiger partial charge in [0, 0.05) is 0 Å². The molecule has 138 valence electrons. The molecule has 0 amide bonds. The zero-order valence-corrected chi connectivity index (χ0v) is 14.6. The molecule has 0 unspecified atom stereocenters. The lowest BCUT2D eigenvalue weighted by Gasteiger charge is -2.07. The maximum absolute atomic E-state index is 10.5. The van der Waals surface area contributed by atoms with E-state index in [1.807, 2.05) is 0 Å². The summed E-state index contributed by atoms with van der Waals surface area (Å²) in [5.74, 6) is 1.22. The van der Waals surface area contributed by atoms with Gasteiger partial charge in [0.25, 0.3) is 6.47 Å². The Kier molecular flexibility index (Phi) is 4.47. The number of nitrogens with zero attached hydrogens (tertiary/aromatic N) is 3. The minimum absolute atomic E-state index is 0.0539. The first-order valence-corrected chi connectivity index (χ1v) is 8.42. The second kappa shape index (κ2) is 7.24. The molecule has 1 heterocycles. The van der Waals surface area contributed by atoms with Crippen LogP contribution < -0.4 is 4.74 Å². The maximum atomic E-state index is 10.5. The van der Waals surface area contributed by atoms with Crippen molar-refractivity contribution in [2.24, 2.45) is 0 Å². The molecule has 0 fully saturated rings. The molecule has 0 spiro atoms. The van der Waals surface area contributed by atoms with Crippen LogP contribution in [0.4, 0.5) is 0 Å². The van der Waals surface area contributed by atoms with Crippen LogP contribution >= 0.6 is 0 Å². The van der Waals surface area contributed by atoms with Gasteiger partial charge < -0.3 is 14.9 Å². The van der Waals surface area contributed by atoms with Gasteiger partial charge in [-0.25, -0.2) is 9.67 Å². The van der Waals surface area contributed by atoms with Gasteiger partial charge in [0.05, 0.1) is 16.8 Å². The van der Waals surface area contributed by atoms with Gasteiger partial charge in [-0.15, -0.1) is 5.10 Å². The fourth-order valence-corrected chi connectivity index (χ4v) is 2.83. The molecule has 0 aliphatic carbocycles. The Balaban J connectivity index is 1.90. The molecule has 0 aliphatic heterocycles. The van der Waals surface area contributed by atoms with Gasteiger partial charge in [-0.2, -0.15) is 0 Å². The van der Waals surface area contributed by atoms with Crippen LogP contribution in [0.3, 0.4) is 0 Å². The van der Waals surface area contributed by atoms with Crippen molar-refractivity contribution in [1.82, 2.24) is 14.8 Å². The zero-order valence-electron chi connectivity index (χ0n) is 14.6. The predicted molar refractivity (Wildman–Crippen MR) is 102 cm³/mol. The highest BCUT2D eigenvalue weighted by molar-refractivity contribution is 5.70. The van der Waals surface area contributed by atoms with Crippen LogP contribution in [0.5, 0.6) is 17.2 Å². The lowest BCUT2D eigenvalue weighted by molar-refractivity contribution is -0.120. The SMILES string of the molecule is O=COc1ccc(-n2nc(-c3ccccc3O)nc2-c2ccccc2O)cc1. The van der Waals surface area contributed by atoms with Crippen molar-refractivity contribution < 1.29 is 19.7 Å². The monoisotopic (exact) mass is 373 g/mol. The molecule has 0 atom stereocenters. The molecule has 3 aromatic carbocycles. The highest BCUT2D eigenvalue weighted by Gasteiger charge is 2.19. The molecule has 0 radical (unpaired) electrons. The maximum Gasteiger partial charge on any atom is 0.298 e. The van der Waals surface area contributed by atoms with E-state index in [0.717, 1.165) is 0 Å². The van der Waals surface area contributed by atoms with Crippen molar-refractivity contribution in [3.8, 4) is 45.7 Å². The molecule has 0 bridgehead atoms. The first-order chi connectivity index (χ1) is 13.7. The smallest absolute Gasteiger partial charge is 0.298 e. The fraction of sp³-hybridized carbons (Fsp3) is 0. The number of benzene rings is 3. The van der Waals surface area contributed by atoms with E-state index >= 15 is 0 Å². The fourth-order valence-electron chi connectivity index (χ4n) is 2.83. The van der Waals surface area contributed by atoms with E-state index in [-0.39, 0.29) is 11.5 Å². The quantitative estimate of drug-likeness (QED) is 0.519. The summed E-state index contributed by atoms with van der Waals surface area (Å²) >= 11 is 0. The Hall–Kier alpha value is -4.13. The average Bonchev–Trinajstić information content (AvgIpc) is 3.14. The number of rotatable bonds is 5. The summed E-state index contributed by atoms with van der Waals surface area (Å²) in [6, 6.07) is 20.2. The number of phenols is 2. The van der Waals surface area contributed by atoms with E-state index in [4.69, 9.17) is 4.74 Å². The van der Waals surface area contributed by atoms with E-state index in [2.05, 4.69) is 10.1 Å². The molecule has 0 saturated heterocycles. The van der Waals surface area contributed by atoms with Crippen molar-refractivity contribution in [2.45, 2.75) is 0 Å².